The highest BCUT2D eigenvalue weighted by atomic mass is 19.1. The van der Waals surface area contributed by atoms with Gasteiger partial charge in [-0.1, -0.05) is 42.5 Å². The van der Waals surface area contributed by atoms with Gasteiger partial charge in [-0.25, -0.2) is 4.39 Å². The van der Waals surface area contributed by atoms with Crippen molar-refractivity contribution in [2.45, 2.75) is 18.9 Å². The number of hydrogen-bond donors (Lipinski definition) is 1. The molecule has 100 valence electrons. The van der Waals surface area contributed by atoms with Gasteiger partial charge in [0.05, 0.1) is 7.11 Å². The highest BCUT2D eigenvalue weighted by molar-refractivity contribution is 5.31. The molecule has 0 heterocycles. The van der Waals surface area contributed by atoms with Gasteiger partial charge >= 0.3 is 0 Å². The Kier molecular flexibility index (Phi) is 4.53. The van der Waals surface area contributed by atoms with Gasteiger partial charge in [-0.15, -0.1) is 0 Å². The second-order valence-electron chi connectivity index (χ2n) is 4.59. The Morgan fingerprint density at radius 1 is 1.05 bits per heavy atom. The number of rotatable bonds is 5. The number of halogens is 1. The van der Waals surface area contributed by atoms with Crippen molar-refractivity contribution in [1.29, 1.82) is 0 Å². The molecule has 2 N–H and O–H groups in total. The van der Waals surface area contributed by atoms with E-state index >= 15 is 0 Å². The molecule has 0 saturated carbocycles. The van der Waals surface area contributed by atoms with Gasteiger partial charge in [-0.3, -0.25) is 0 Å². The lowest BCUT2D eigenvalue weighted by atomic mass is 9.99. The Labute approximate surface area is 113 Å². The molecule has 1 atom stereocenters. The summed E-state index contributed by atoms with van der Waals surface area (Å²) < 4.78 is 19.0. The predicted octanol–water partition coefficient (Wildman–Crippen LogP) is 2.95. The van der Waals surface area contributed by atoms with Gasteiger partial charge in [-0.2, -0.15) is 0 Å². The van der Waals surface area contributed by atoms with Crippen molar-refractivity contribution >= 4 is 0 Å². The van der Waals surface area contributed by atoms with Crippen LogP contribution in [0.1, 0.15) is 11.1 Å². The number of ether oxygens (including phenoxy) is 1. The molecule has 0 aromatic heterocycles. The van der Waals surface area contributed by atoms with Crippen LogP contribution in [0.25, 0.3) is 0 Å². The van der Waals surface area contributed by atoms with Crippen LogP contribution in [0.4, 0.5) is 4.39 Å². The number of methoxy groups -OCH3 is 1. The molecule has 1 unspecified atom stereocenters. The van der Waals surface area contributed by atoms with Crippen molar-refractivity contribution in [2.75, 3.05) is 7.11 Å². The fourth-order valence-corrected chi connectivity index (χ4v) is 2.14. The van der Waals surface area contributed by atoms with Crippen molar-refractivity contribution in [2.24, 2.45) is 5.73 Å². The van der Waals surface area contributed by atoms with Gasteiger partial charge in [0.2, 0.25) is 0 Å². The first-order valence-corrected chi connectivity index (χ1v) is 6.31. The lowest BCUT2D eigenvalue weighted by molar-refractivity contribution is 0.383. The summed E-state index contributed by atoms with van der Waals surface area (Å²) in [5.74, 6) is -0.0436. The van der Waals surface area contributed by atoms with Crippen molar-refractivity contribution < 1.29 is 9.13 Å². The zero-order chi connectivity index (χ0) is 13.7. The van der Waals surface area contributed by atoms with E-state index in [1.54, 1.807) is 18.2 Å². The van der Waals surface area contributed by atoms with E-state index < -0.39 is 0 Å². The topological polar surface area (TPSA) is 35.2 Å². The minimum atomic E-state index is -0.312. The van der Waals surface area contributed by atoms with Crippen LogP contribution in [0.5, 0.6) is 5.75 Å². The molecule has 0 amide bonds. The first-order valence-electron chi connectivity index (χ1n) is 6.31. The smallest absolute Gasteiger partial charge is 0.168 e. The van der Waals surface area contributed by atoms with E-state index in [1.807, 2.05) is 30.3 Å². The van der Waals surface area contributed by atoms with Crippen LogP contribution < -0.4 is 10.5 Å². The molecule has 0 bridgehead atoms. The van der Waals surface area contributed by atoms with E-state index in [2.05, 4.69) is 0 Å². The second kappa shape index (κ2) is 6.34. The molecule has 0 fully saturated rings. The number of benzene rings is 2. The molecule has 0 aliphatic rings. The number of hydrogen-bond acceptors (Lipinski definition) is 2. The van der Waals surface area contributed by atoms with E-state index in [1.165, 1.54) is 12.7 Å². The fourth-order valence-electron chi connectivity index (χ4n) is 2.14. The zero-order valence-corrected chi connectivity index (χ0v) is 11.0. The van der Waals surface area contributed by atoms with Crippen LogP contribution in [-0.2, 0) is 12.8 Å². The molecular formula is C16H18FNO. The molecule has 0 radical (unpaired) electrons. The Hall–Kier alpha value is -1.87. The Bertz CT molecular complexity index is 528. The van der Waals surface area contributed by atoms with Crippen molar-refractivity contribution in [3.63, 3.8) is 0 Å². The first-order chi connectivity index (χ1) is 9.20. The van der Waals surface area contributed by atoms with Gasteiger partial charge in [0.25, 0.3) is 0 Å². The third kappa shape index (κ3) is 3.55. The molecule has 0 spiro atoms. The van der Waals surface area contributed by atoms with E-state index in [9.17, 15) is 4.39 Å². The zero-order valence-electron chi connectivity index (χ0n) is 11.0. The summed E-state index contributed by atoms with van der Waals surface area (Å²) in [5, 5.41) is 0. The molecule has 3 heteroatoms. The minimum Gasteiger partial charge on any atom is -0.494 e. The van der Waals surface area contributed by atoms with Crippen LogP contribution in [-0.4, -0.2) is 13.2 Å². The average molecular weight is 259 g/mol. The first kappa shape index (κ1) is 13.6. The van der Waals surface area contributed by atoms with Crippen LogP contribution >= 0.6 is 0 Å². The quantitative estimate of drug-likeness (QED) is 0.896. The van der Waals surface area contributed by atoms with Gasteiger partial charge < -0.3 is 10.5 Å². The third-order valence-electron chi connectivity index (χ3n) is 3.09. The van der Waals surface area contributed by atoms with Crippen molar-refractivity contribution in [3.05, 3.63) is 65.5 Å². The molecule has 2 aromatic rings. The van der Waals surface area contributed by atoms with Crippen LogP contribution in [0.15, 0.2) is 48.5 Å². The Morgan fingerprint density at radius 3 is 2.47 bits per heavy atom. The van der Waals surface area contributed by atoms with Gasteiger partial charge in [-0.05, 0) is 30.0 Å². The summed E-state index contributed by atoms with van der Waals surface area (Å²) in [4.78, 5) is 0. The summed E-state index contributed by atoms with van der Waals surface area (Å²) in [6.07, 6.45) is 1.23. The van der Waals surface area contributed by atoms with Gasteiger partial charge in [0, 0.05) is 6.04 Å². The second-order valence-corrected chi connectivity index (χ2v) is 4.59. The average Bonchev–Trinajstić information content (AvgIpc) is 2.42. The van der Waals surface area contributed by atoms with Gasteiger partial charge in [0.1, 0.15) is 0 Å². The molecule has 0 saturated heterocycles. The summed E-state index contributed by atoms with van der Waals surface area (Å²) >= 11 is 0. The largest absolute Gasteiger partial charge is 0.494 e. The monoisotopic (exact) mass is 259 g/mol. The molecule has 2 nitrogen and oxygen atoms in total. The lowest BCUT2D eigenvalue weighted by Gasteiger charge is -2.13. The van der Waals surface area contributed by atoms with E-state index in [0.717, 1.165) is 6.42 Å². The Balaban J connectivity index is 2.05. The molecular weight excluding hydrogens is 241 g/mol. The van der Waals surface area contributed by atoms with E-state index in [0.29, 0.717) is 12.0 Å². The maximum atomic E-state index is 14.0. The standard InChI is InChI=1S/C16H18FNO/c1-19-15-9-5-8-13(16(15)17)11-14(18)10-12-6-3-2-4-7-12/h2-9,14H,10-11,18H2,1H3. The number of nitrogens with two attached hydrogens (primary N) is 1. The predicted molar refractivity (Wildman–Crippen MR) is 74.8 cm³/mol. The molecule has 19 heavy (non-hydrogen) atoms. The van der Waals surface area contributed by atoms with E-state index in [4.69, 9.17) is 10.5 Å². The Morgan fingerprint density at radius 2 is 1.79 bits per heavy atom. The highest BCUT2D eigenvalue weighted by Gasteiger charge is 2.12. The van der Waals surface area contributed by atoms with Crippen LogP contribution in [0.2, 0.25) is 0 Å². The lowest BCUT2D eigenvalue weighted by Crippen LogP contribution is -2.26. The minimum absolute atomic E-state index is 0.107. The molecule has 0 aliphatic heterocycles. The summed E-state index contributed by atoms with van der Waals surface area (Å²) in [5.41, 5.74) is 7.86. The van der Waals surface area contributed by atoms with Gasteiger partial charge in [0.15, 0.2) is 11.6 Å². The summed E-state index contributed by atoms with van der Waals surface area (Å²) in [6.45, 7) is 0. The van der Waals surface area contributed by atoms with E-state index in [-0.39, 0.29) is 17.6 Å². The van der Waals surface area contributed by atoms with Crippen LogP contribution in [0, 0.1) is 5.82 Å². The summed E-state index contributed by atoms with van der Waals surface area (Å²) in [6, 6.07) is 15.0. The molecule has 2 rings (SSSR count). The van der Waals surface area contributed by atoms with Crippen LogP contribution in [0.3, 0.4) is 0 Å². The summed E-state index contributed by atoms with van der Waals surface area (Å²) in [7, 11) is 1.46. The molecule has 2 aromatic carbocycles. The normalized spacial score (nSPS) is 12.2. The maximum Gasteiger partial charge on any atom is 0.168 e. The van der Waals surface area contributed by atoms with Crippen molar-refractivity contribution in [3.8, 4) is 5.75 Å². The SMILES string of the molecule is COc1cccc(CC(N)Cc2ccccc2)c1F. The van der Waals surface area contributed by atoms with Crippen molar-refractivity contribution in [1.82, 2.24) is 0 Å². The molecule has 0 aliphatic carbocycles. The fraction of sp³-hybridized carbons (Fsp3) is 0.250. The maximum absolute atomic E-state index is 14.0. The third-order valence-corrected chi connectivity index (χ3v) is 3.09. The highest BCUT2D eigenvalue weighted by Crippen LogP contribution is 2.21.